The second-order valence-electron chi connectivity index (χ2n) is 9.36. The second kappa shape index (κ2) is 11.9. The Labute approximate surface area is 232 Å². The summed E-state index contributed by atoms with van der Waals surface area (Å²) in [6.07, 6.45) is 0. The molecule has 0 aliphatic carbocycles. The van der Waals surface area contributed by atoms with Gasteiger partial charge in [-0.2, -0.15) is 9.97 Å². The van der Waals surface area contributed by atoms with Crippen molar-refractivity contribution < 1.29 is 24.1 Å². The molecule has 1 fully saturated rings. The van der Waals surface area contributed by atoms with E-state index in [0.29, 0.717) is 40.6 Å². The van der Waals surface area contributed by atoms with Crippen molar-refractivity contribution in [3.8, 4) is 17.2 Å². The van der Waals surface area contributed by atoms with E-state index >= 15 is 0 Å². The maximum Gasteiger partial charge on any atom is 0.347 e. The highest BCUT2D eigenvalue weighted by Crippen LogP contribution is 2.39. The van der Waals surface area contributed by atoms with Crippen LogP contribution >= 0.6 is 11.3 Å². The number of thiazole rings is 1. The van der Waals surface area contributed by atoms with Crippen molar-refractivity contribution in [3.05, 3.63) is 33.8 Å². The van der Waals surface area contributed by atoms with Gasteiger partial charge in [-0.15, -0.1) is 0 Å². The van der Waals surface area contributed by atoms with Crippen molar-refractivity contribution >= 4 is 40.0 Å². The van der Waals surface area contributed by atoms with E-state index in [1.165, 1.54) is 0 Å². The summed E-state index contributed by atoms with van der Waals surface area (Å²) in [5.41, 5.74) is 2.34. The second-order valence-corrected chi connectivity index (χ2v) is 10.4. The third-order valence-electron chi connectivity index (χ3n) is 6.61. The zero-order valence-electron chi connectivity index (χ0n) is 23.4. The third kappa shape index (κ3) is 6.09. The number of piperazine rings is 1. The molecule has 0 unspecified atom stereocenters. The molecule has 2 N–H and O–H groups in total. The molecule has 1 saturated heterocycles. The van der Waals surface area contributed by atoms with Gasteiger partial charge in [0.15, 0.2) is 16.6 Å². The summed E-state index contributed by atoms with van der Waals surface area (Å²) in [5.74, 6) is 2.61. The maximum absolute atomic E-state index is 11.5. The predicted molar refractivity (Wildman–Crippen MR) is 152 cm³/mol. The summed E-state index contributed by atoms with van der Waals surface area (Å²) >= 11 is 1.06. The monoisotopic (exact) mass is 557 g/mol. The Morgan fingerprint density at radius 3 is 2.23 bits per heavy atom. The van der Waals surface area contributed by atoms with Gasteiger partial charge >= 0.3 is 5.97 Å². The number of rotatable bonds is 10. The van der Waals surface area contributed by atoms with Crippen molar-refractivity contribution in [3.63, 3.8) is 0 Å². The number of benzene rings is 1. The Hall–Kier alpha value is -3.84. The van der Waals surface area contributed by atoms with Crippen LogP contribution in [0.4, 0.5) is 22.7 Å². The Morgan fingerprint density at radius 1 is 1.05 bits per heavy atom. The number of aromatic carboxylic acids is 1. The fourth-order valence-corrected chi connectivity index (χ4v) is 5.37. The van der Waals surface area contributed by atoms with E-state index < -0.39 is 5.97 Å². The highest BCUT2D eigenvalue weighted by Gasteiger charge is 2.24. The van der Waals surface area contributed by atoms with Gasteiger partial charge in [0, 0.05) is 45.3 Å². The summed E-state index contributed by atoms with van der Waals surface area (Å²) in [6.45, 7) is 7.73. The summed E-state index contributed by atoms with van der Waals surface area (Å²) in [6, 6.07) is 3.83. The molecule has 39 heavy (non-hydrogen) atoms. The van der Waals surface area contributed by atoms with Gasteiger partial charge in [-0.05, 0) is 38.6 Å². The van der Waals surface area contributed by atoms with Crippen LogP contribution in [0.2, 0.25) is 0 Å². The number of aryl methyl sites for hydroxylation is 1. The van der Waals surface area contributed by atoms with Crippen LogP contribution in [0, 0.1) is 13.8 Å². The number of methoxy groups -OCH3 is 3. The molecule has 13 heteroatoms. The van der Waals surface area contributed by atoms with Crippen LogP contribution in [0.15, 0.2) is 12.1 Å². The lowest BCUT2D eigenvalue weighted by atomic mass is 10.1. The number of anilines is 4. The standard InChI is InChI=1S/C26H35N7O5S/c1-15-22(32(4)14-17-12-18(36-5)20(38-7)19(13-17)37-6)28-25(29-23(15)33-10-8-31(3)9-11-33)30-26-27-16(2)21(39-26)24(34)35/h12-13H,8-11,14H2,1-7H3,(H,34,35)(H,27,28,29,30). The quantitative estimate of drug-likeness (QED) is 0.379. The first-order chi connectivity index (χ1) is 18.6. The maximum atomic E-state index is 11.5. The number of ether oxygens (including phenoxy) is 3. The number of carbonyl (C=O) groups is 1. The van der Waals surface area contributed by atoms with Gasteiger partial charge in [0.25, 0.3) is 0 Å². The minimum atomic E-state index is -1.01. The average Bonchev–Trinajstić information content (AvgIpc) is 3.29. The Bertz CT molecular complexity index is 1320. The number of hydrogen-bond acceptors (Lipinski definition) is 12. The Kier molecular flexibility index (Phi) is 8.60. The van der Waals surface area contributed by atoms with Crippen molar-refractivity contribution in [1.82, 2.24) is 19.9 Å². The molecular formula is C26H35N7O5S. The zero-order chi connectivity index (χ0) is 28.3. The van der Waals surface area contributed by atoms with E-state index in [0.717, 1.165) is 60.3 Å². The number of aromatic nitrogens is 3. The molecule has 4 rings (SSSR count). The molecule has 0 bridgehead atoms. The highest BCUT2D eigenvalue weighted by atomic mass is 32.1. The molecule has 0 amide bonds. The number of hydrogen-bond donors (Lipinski definition) is 2. The van der Waals surface area contributed by atoms with E-state index in [4.69, 9.17) is 24.2 Å². The van der Waals surface area contributed by atoms with Crippen LogP contribution in [0.1, 0.15) is 26.5 Å². The van der Waals surface area contributed by atoms with E-state index in [9.17, 15) is 9.90 Å². The van der Waals surface area contributed by atoms with Gasteiger partial charge in [-0.1, -0.05) is 11.3 Å². The summed E-state index contributed by atoms with van der Waals surface area (Å²) < 4.78 is 16.5. The van der Waals surface area contributed by atoms with E-state index in [-0.39, 0.29) is 4.88 Å². The predicted octanol–water partition coefficient (Wildman–Crippen LogP) is 3.41. The Balaban J connectivity index is 1.71. The summed E-state index contributed by atoms with van der Waals surface area (Å²) in [5, 5.41) is 13.0. The van der Waals surface area contributed by atoms with Gasteiger partial charge in [0.05, 0.1) is 27.0 Å². The topological polar surface area (TPSA) is 125 Å². The molecule has 0 saturated carbocycles. The molecule has 3 heterocycles. The summed E-state index contributed by atoms with van der Waals surface area (Å²) in [7, 11) is 8.84. The lowest BCUT2D eigenvalue weighted by molar-refractivity contribution is 0.0701. The van der Waals surface area contributed by atoms with Gasteiger partial charge in [-0.25, -0.2) is 9.78 Å². The van der Waals surface area contributed by atoms with Crippen molar-refractivity contribution in [2.24, 2.45) is 0 Å². The smallest absolute Gasteiger partial charge is 0.347 e. The van der Waals surface area contributed by atoms with E-state index in [1.54, 1.807) is 28.3 Å². The van der Waals surface area contributed by atoms with Crippen LogP contribution in [0.25, 0.3) is 0 Å². The first-order valence-corrected chi connectivity index (χ1v) is 13.3. The van der Waals surface area contributed by atoms with Crippen molar-refractivity contribution in [2.75, 3.05) is 76.7 Å². The molecule has 1 aromatic carbocycles. The number of nitrogens with one attached hydrogen (secondary N) is 1. The molecule has 0 spiro atoms. The highest BCUT2D eigenvalue weighted by molar-refractivity contribution is 7.17. The molecule has 2 aromatic heterocycles. The molecule has 0 atom stereocenters. The fourth-order valence-electron chi connectivity index (χ4n) is 4.57. The third-order valence-corrected chi connectivity index (χ3v) is 7.67. The van der Waals surface area contributed by atoms with Gasteiger partial charge in [0.1, 0.15) is 16.5 Å². The van der Waals surface area contributed by atoms with Gasteiger partial charge in [0.2, 0.25) is 11.7 Å². The van der Waals surface area contributed by atoms with Crippen LogP contribution in [0.5, 0.6) is 17.2 Å². The molecule has 1 aliphatic heterocycles. The molecule has 12 nitrogen and oxygen atoms in total. The number of carboxylic acid groups (broad SMARTS) is 1. The SMILES string of the molecule is COc1cc(CN(C)c2nc(Nc3nc(C)c(C(=O)O)s3)nc(N3CCN(C)CC3)c2C)cc(OC)c1OC. The minimum absolute atomic E-state index is 0.184. The molecular weight excluding hydrogens is 522 g/mol. The lowest BCUT2D eigenvalue weighted by Gasteiger charge is -2.35. The van der Waals surface area contributed by atoms with Gasteiger partial charge in [-0.3, -0.25) is 5.32 Å². The van der Waals surface area contributed by atoms with Crippen LogP contribution in [0.3, 0.4) is 0 Å². The average molecular weight is 558 g/mol. The molecule has 3 aromatic rings. The zero-order valence-corrected chi connectivity index (χ0v) is 24.2. The normalized spacial score (nSPS) is 13.8. The first kappa shape index (κ1) is 28.2. The number of carboxylic acids is 1. The van der Waals surface area contributed by atoms with E-state index in [1.807, 2.05) is 31.0 Å². The molecule has 1 aliphatic rings. The van der Waals surface area contributed by atoms with Crippen LogP contribution < -0.4 is 29.3 Å². The number of nitrogens with zero attached hydrogens (tertiary/aromatic N) is 6. The van der Waals surface area contributed by atoms with Crippen molar-refractivity contribution in [1.29, 1.82) is 0 Å². The summed E-state index contributed by atoms with van der Waals surface area (Å²) in [4.78, 5) is 32.4. The first-order valence-electron chi connectivity index (χ1n) is 12.4. The lowest BCUT2D eigenvalue weighted by Crippen LogP contribution is -2.45. The fraction of sp³-hybridized carbons (Fsp3) is 0.462. The Morgan fingerprint density at radius 2 is 1.69 bits per heavy atom. The largest absolute Gasteiger partial charge is 0.493 e. The number of likely N-dealkylation sites (N-methyl/N-ethyl adjacent to an activating group) is 1. The van der Waals surface area contributed by atoms with Crippen molar-refractivity contribution in [2.45, 2.75) is 20.4 Å². The minimum Gasteiger partial charge on any atom is -0.493 e. The molecule has 0 radical (unpaired) electrons. The van der Waals surface area contributed by atoms with Crippen LogP contribution in [-0.4, -0.2) is 92.5 Å². The van der Waals surface area contributed by atoms with Gasteiger partial charge < -0.3 is 34.0 Å². The van der Waals surface area contributed by atoms with Crippen LogP contribution in [-0.2, 0) is 6.54 Å². The van der Waals surface area contributed by atoms with E-state index in [2.05, 4.69) is 27.1 Å². The molecule has 210 valence electrons.